The summed E-state index contributed by atoms with van der Waals surface area (Å²) in [7, 11) is 0. The predicted molar refractivity (Wildman–Crippen MR) is 63.0 cm³/mol. The second kappa shape index (κ2) is 3.77. The number of hydrogen-bond acceptors (Lipinski definition) is 1. The minimum Gasteiger partial charge on any atom is -0.461 e. The summed E-state index contributed by atoms with van der Waals surface area (Å²) in [5.74, 6) is 1.46. The van der Waals surface area contributed by atoms with Gasteiger partial charge in [0.2, 0.25) is 0 Å². The van der Waals surface area contributed by atoms with Crippen molar-refractivity contribution in [1.82, 2.24) is 0 Å². The lowest BCUT2D eigenvalue weighted by Gasteiger charge is -2.09. The highest BCUT2D eigenvalue weighted by atomic mass is 79.9. The molecule has 1 aromatic heterocycles. The SMILES string of the molecule is CC(Br)C(C)c1cc2ccccc2o1. The highest BCUT2D eigenvalue weighted by Gasteiger charge is 2.15. The molecule has 2 atom stereocenters. The molecule has 2 heteroatoms. The summed E-state index contributed by atoms with van der Waals surface area (Å²) in [5.41, 5.74) is 0.975. The Balaban J connectivity index is 2.45. The Bertz CT molecular complexity index is 398. The molecule has 0 fully saturated rings. The van der Waals surface area contributed by atoms with E-state index in [4.69, 9.17) is 4.42 Å². The first-order valence-electron chi connectivity index (χ1n) is 4.81. The van der Waals surface area contributed by atoms with E-state index >= 15 is 0 Å². The Kier molecular flexibility index (Phi) is 2.64. The number of halogens is 1. The number of hydrogen-bond donors (Lipinski definition) is 0. The van der Waals surface area contributed by atoms with Crippen molar-refractivity contribution in [2.45, 2.75) is 24.6 Å². The highest BCUT2D eigenvalue weighted by Crippen LogP contribution is 2.29. The largest absolute Gasteiger partial charge is 0.461 e. The Labute approximate surface area is 92.2 Å². The first kappa shape index (κ1) is 9.78. The zero-order chi connectivity index (χ0) is 10.1. The van der Waals surface area contributed by atoms with E-state index in [0.717, 1.165) is 11.3 Å². The third-order valence-electron chi connectivity index (χ3n) is 2.58. The molecule has 2 unspecified atom stereocenters. The van der Waals surface area contributed by atoms with Crippen molar-refractivity contribution >= 4 is 26.9 Å². The highest BCUT2D eigenvalue weighted by molar-refractivity contribution is 9.09. The van der Waals surface area contributed by atoms with E-state index in [0.29, 0.717) is 10.7 Å². The van der Waals surface area contributed by atoms with E-state index in [-0.39, 0.29) is 0 Å². The molecule has 0 saturated heterocycles. The lowest BCUT2D eigenvalue weighted by Crippen LogP contribution is -2.02. The average molecular weight is 253 g/mol. The molecule has 1 nitrogen and oxygen atoms in total. The molecule has 74 valence electrons. The van der Waals surface area contributed by atoms with Crippen molar-refractivity contribution in [2.24, 2.45) is 0 Å². The lowest BCUT2D eigenvalue weighted by molar-refractivity contribution is 0.506. The molecule has 1 heterocycles. The van der Waals surface area contributed by atoms with Gasteiger partial charge in [-0.05, 0) is 12.1 Å². The van der Waals surface area contributed by atoms with E-state index in [1.807, 2.05) is 18.2 Å². The van der Waals surface area contributed by atoms with Gasteiger partial charge in [0, 0.05) is 16.1 Å². The molecule has 0 aliphatic carbocycles. The van der Waals surface area contributed by atoms with Crippen LogP contribution >= 0.6 is 15.9 Å². The second-order valence-corrected chi connectivity index (χ2v) is 5.10. The van der Waals surface area contributed by atoms with Crippen LogP contribution in [-0.2, 0) is 0 Å². The molecule has 2 aromatic rings. The van der Waals surface area contributed by atoms with Crippen molar-refractivity contribution in [3.8, 4) is 0 Å². The second-order valence-electron chi connectivity index (χ2n) is 3.65. The van der Waals surface area contributed by atoms with Crippen molar-refractivity contribution in [3.63, 3.8) is 0 Å². The third kappa shape index (κ3) is 1.71. The molecular formula is C12H13BrO. The average Bonchev–Trinajstić information content (AvgIpc) is 2.59. The maximum absolute atomic E-state index is 5.76. The zero-order valence-electron chi connectivity index (χ0n) is 8.33. The van der Waals surface area contributed by atoms with Crippen LogP contribution in [0.25, 0.3) is 11.0 Å². The first-order chi connectivity index (χ1) is 6.68. The van der Waals surface area contributed by atoms with E-state index in [2.05, 4.69) is 41.9 Å². The number of benzene rings is 1. The maximum Gasteiger partial charge on any atom is 0.134 e. The smallest absolute Gasteiger partial charge is 0.134 e. The van der Waals surface area contributed by atoms with E-state index in [9.17, 15) is 0 Å². The minimum absolute atomic E-state index is 0.405. The van der Waals surface area contributed by atoms with Crippen molar-refractivity contribution in [1.29, 1.82) is 0 Å². The molecule has 0 bridgehead atoms. The summed E-state index contributed by atoms with van der Waals surface area (Å²) in [6.45, 7) is 4.30. The number of fused-ring (bicyclic) bond motifs is 1. The summed E-state index contributed by atoms with van der Waals surface area (Å²) in [5, 5.41) is 1.18. The van der Waals surface area contributed by atoms with Crippen molar-refractivity contribution in [3.05, 3.63) is 36.1 Å². The van der Waals surface area contributed by atoms with Gasteiger partial charge in [-0.2, -0.15) is 0 Å². The van der Waals surface area contributed by atoms with Gasteiger partial charge < -0.3 is 4.42 Å². The zero-order valence-corrected chi connectivity index (χ0v) is 9.91. The quantitative estimate of drug-likeness (QED) is 0.726. The standard InChI is InChI=1S/C12H13BrO/c1-8(9(2)13)12-7-10-5-3-4-6-11(10)14-12/h3-9H,1-2H3. The molecule has 0 spiro atoms. The van der Waals surface area contributed by atoms with Crippen LogP contribution in [0.2, 0.25) is 0 Å². The van der Waals surface area contributed by atoms with Crippen LogP contribution in [0.5, 0.6) is 0 Å². The molecule has 14 heavy (non-hydrogen) atoms. The van der Waals surface area contributed by atoms with Gasteiger partial charge in [-0.3, -0.25) is 0 Å². The lowest BCUT2D eigenvalue weighted by atomic mass is 10.1. The maximum atomic E-state index is 5.76. The third-order valence-corrected chi connectivity index (χ3v) is 3.38. The fourth-order valence-electron chi connectivity index (χ4n) is 1.45. The first-order valence-corrected chi connectivity index (χ1v) is 5.72. The van der Waals surface area contributed by atoms with Gasteiger partial charge in [0.05, 0.1) is 0 Å². The van der Waals surface area contributed by atoms with Crippen molar-refractivity contribution in [2.75, 3.05) is 0 Å². The minimum atomic E-state index is 0.405. The Morgan fingerprint density at radius 1 is 1.21 bits per heavy atom. The molecule has 0 N–H and O–H groups in total. The van der Waals surface area contributed by atoms with Crippen LogP contribution in [0.4, 0.5) is 0 Å². The monoisotopic (exact) mass is 252 g/mol. The fraction of sp³-hybridized carbons (Fsp3) is 0.333. The van der Waals surface area contributed by atoms with Gasteiger partial charge in [-0.25, -0.2) is 0 Å². The summed E-state index contributed by atoms with van der Waals surface area (Å²) in [6.07, 6.45) is 0. The molecule has 1 aromatic carbocycles. The summed E-state index contributed by atoms with van der Waals surface area (Å²) >= 11 is 3.57. The Hall–Kier alpha value is -0.760. The Morgan fingerprint density at radius 2 is 1.93 bits per heavy atom. The van der Waals surface area contributed by atoms with Gasteiger partial charge in [0.1, 0.15) is 11.3 Å². The van der Waals surface area contributed by atoms with Crippen LogP contribution in [0.15, 0.2) is 34.7 Å². The molecule has 0 aliphatic heterocycles. The van der Waals surface area contributed by atoms with Gasteiger partial charge >= 0.3 is 0 Å². The summed E-state index contributed by atoms with van der Waals surface area (Å²) in [4.78, 5) is 0.433. The molecule has 0 aliphatic rings. The Morgan fingerprint density at radius 3 is 2.57 bits per heavy atom. The molecule has 0 saturated carbocycles. The van der Waals surface area contributed by atoms with Crippen LogP contribution in [0, 0.1) is 0 Å². The van der Waals surface area contributed by atoms with Crippen LogP contribution < -0.4 is 0 Å². The molecule has 0 amide bonds. The number of furan rings is 1. The number of alkyl halides is 1. The topological polar surface area (TPSA) is 13.1 Å². The van der Waals surface area contributed by atoms with E-state index in [1.165, 1.54) is 5.39 Å². The van der Waals surface area contributed by atoms with E-state index in [1.54, 1.807) is 0 Å². The van der Waals surface area contributed by atoms with Gasteiger partial charge in [0.15, 0.2) is 0 Å². The fourth-order valence-corrected chi connectivity index (χ4v) is 1.71. The van der Waals surface area contributed by atoms with Crippen LogP contribution in [0.3, 0.4) is 0 Å². The molecular weight excluding hydrogens is 240 g/mol. The van der Waals surface area contributed by atoms with E-state index < -0.39 is 0 Å². The van der Waals surface area contributed by atoms with Crippen LogP contribution in [-0.4, -0.2) is 4.83 Å². The molecule has 0 radical (unpaired) electrons. The van der Waals surface area contributed by atoms with Crippen molar-refractivity contribution < 1.29 is 4.42 Å². The van der Waals surface area contributed by atoms with Gasteiger partial charge in [-0.15, -0.1) is 0 Å². The van der Waals surface area contributed by atoms with Gasteiger partial charge in [-0.1, -0.05) is 48.0 Å². The molecule has 2 rings (SSSR count). The normalized spacial score (nSPS) is 15.6. The summed E-state index contributed by atoms with van der Waals surface area (Å²) < 4.78 is 5.76. The number of rotatable bonds is 2. The summed E-state index contributed by atoms with van der Waals surface area (Å²) in [6, 6.07) is 10.2. The predicted octanol–water partition coefficient (Wildman–Crippen LogP) is 4.32. The van der Waals surface area contributed by atoms with Crippen LogP contribution in [0.1, 0.15) is 25.5 Å². The van der Waals surface area contributed by atoms with Gasteiger partial charge in [0.25, 0.3) is 0 Å². The number of para-hydroxylation sites is 1.